The van der Waals surface area contributed by atoms with Crippen LogP contribution in [0.1, 0.15) is 44.7 Å². The number of carbonyl (C=O) groups is 2. The zero-order valence-electron chi connectivity index (χ0n) is 19.5. The number of amides is 2. The molecule has 0 spiro atoms. The third kappa shape index (κ3) is 5.94. The average molecular weight is 472 g/mol. The maximum atomic E-state index is 12.8. The molecule has 1 N–H and O–H groups in total. The molecule has 2 amide bonds. The van der Waals surface area contributed by atoms with Crippen molar-refractivity contribution >= 4 is 23.2 Å². The number of benzene rings is 2. The van der Waals surface area contributed by atoms with Crippen LogP contribution in [-0.4, -0.2) is 43.6 Å². The fourth-order valence-electron chi connectivity index (χ4n) is 3.60. The Kier molecular flexibility index (Phi) is 8.29. The normalized spacial score (nSPS) is 13.5. The van der Waals surface area contributed by atoms with E-state index in [4.69, 9.17) is 14.2 Å². The molecule has 2 aromatic carbocycles. The van der Waals surface area contributed by atoms with Crippen LogP contribution in [0, 0.1) is 10.1 Å². The molecule has 1 aliphatic heterocycles. The fraction of sp³-hybridized carbons (Fsp3) is 0.417. The van der Waals surface area contributed by atoms with Gasteiger partial charge in [-0.15, -0.1) is 0 Å². The number of nitrogens with one attached hydrogen (secondary N) is 1. The summed E-state index contributed by atoms with van der Waals surface area (Å²) in [5.41, 5.74) is 0.801. The van der Waals surface area contributed by atoms with E-state index in [1.165, 1.54) is 23.1 Å². The van der Waals surface area contributed by atoms with E-state index in [-0.39, 0.29) is 30.6 Å². The van der Waals surface area contributed by atoms with E-state index >= 15 is 0 Å². The molecule has 10 nitrogen and oxygen atoms in total. The topological polar surface area (TPSA) is 120 Å². The molecule has 10 heteroatoms. The first kappa shape index (κ1) is 24.8. The molecule has 182 valence electrons. The summed E-state index contributed by atoms with van der Waals surface area (Å²) in [6.07, 6.45) is 3.16. The molecular weight excluding hydrogens is 442 g/mol. The van der Waals surface area contributed by atoms with E-state index in [0.717, 1.165) is 24.8 Å². The lowest BCUT2D eigenvalue weighted by atomic mass is 10.1. The zero-order chi connectivity index (χ0) is 24.7. The first-order valence-electron chi connectivity index (χ1n) is 11.2. The average Bonchev–Trinajstić information content (AvgIpc) is 2.83. The van der Waals surface area contributed by atoms with Crippen LogP contribution in [0.5, 0.6) is 17.2 Å². The predicted octanol–water partition coefficient (Wildman–Crippen LogP) is 3.78. The smallest absolute Gasteiger partial charge is 0.271 e. The second-order valence-electron chi connectivity index (χ2n) is 7.93. The van der Waals surface area contributed by atoms with Gasteiger partial charge in [0.1, 0.15) is 12.3 Å². The zero-order valence-corrected chi connectivity index (χ0v) is 19.5. The minimum atomic E-state index is -0.565. The van der Waals surface area contributed by atoms with Crippen molar-refractivity contribution in [3.8, 4) is 17.2 Å². The second-order valence-corrected chi connectivity index (χ2v) is 7.93. The number of non-ortho nitro benzene ring substituents is 1. The van der Waals surface area contributed by atoms with Crippen molar-refractivity contribution < 1.29 is 28.7 Å². The molecule has 1 heterocycles. The summed E-state index contributed by atoms with van der Waals surface area (Å²) in [6.45, 7) is 4.00. The monoisotopic (exact) mass is 471 g/mol. The molecule has 34 heavy (non-hydrogen) atoms. The van der Waals surface area contributed by atoms with E-state index < -0.39 is 16.7 Å². The van der Waals surface area contributed by atoms with Crippen LogP contribution in [0.2, 0.25) is 0 Å². The number of carbonyl (C=O) groups excluding carboxylic acids is 2. The molecular formula is C24H29N3O7. The number of anilines is 1. The maximum absolute atomic E-state index is 12.8. The predicted molar refractivity (Wildman–Crippen MR) is 126 cm³/mol. The Hall–Kier alpha value is -3.82. The number of hydrogen-bond donors (Lipinski definition) is 1. The standard InChI is InChI=1S/C24H29N3O7/c1-4-5-6-11-33-21-9-7-17(12-22(21)32-3)16(2)25-23(28)14-26-19-13-18(27(30)31)8-10-20(19)34-15-24(26)29/h7-10,12-13,16H,4-6,11,14-15H2,1-3H3,(H,25,28). The number of rotatable bonds is 11. The summed E-state index contributed by atoms with van der Waals surface area (Å²) in [7, 11) is 1.56. The number of fused-ring (bicyclic) bond motifs is 1. The Balaban J connectivity index is 1.68. The number of unbranched alkanes of at least 4 members (excludes halogenated alkanes) is 2. The molecule has 1 atom stereocenters. The quantitative estimate of drug-likeness (QED) is 0.301. The highest BCUT2D eigenvalue weighted by molar-refractivity contribution is 6.02. The maximum Gasteiger partial charge on any atom is 0.271 e. The number of nitro benzene ring substituents is 1. The Morgan fingerprint density at radius 1 is 1.24 bits per heavy atom. The van der Waals surface area contributed by atoms with Crippen LogP contribution in [-0.2, 0) is 9.59 Å². The molecule has 0 saturated carbocycles. The van der Waals surface area contributed by atoms with Gasteiger partial charge in [-0.3, -0.25) is 24.6 Å². The van der Waals surface area contributed by atoms with Gasteiger partial charge in [0.05, 0.1) is 30.4 Å². The number of methoxy groups -OCH3 is 1. The largest absolute Gasteiger partial charge is 0.493 e. The van der Waals surface area contributed by atoms with Gasteiger partial charge in [0.2, 0.25) is 5.91 Å². The summed E-state index contributed by atoms with van der Waals surface area (Å²) in [4.78, 5) is 36.9. The van der Waals surface area contributed by atoms with Crippen molar-refractivity contribution in [2.24, 2.45) is 0 Å². The van der Waals surface area contributed by atoms with Gasteiger partial charge in [0.15, 0.2) is 18.1 Å². The minimum absolute atomic E-state index is 0.194. The Morgan fingerprint density at radius 2 is 2.03 bits per heavy atom. The number of nitro groups is 1. The van der Waals surface area contributed by atoms with Crippen LogP contribution in [0.3, 0.4) is 0 Å². The van der Waals surface area contributed by atoms with Gasteiger partial charge >= 0.3 is 0 Å². The van der Waals surface area contributed by atoms with Crippen LogP contribution >= 0.6 is 0 Å². The summed E-state index contributed by atoms with van der Waals surface area (Å²) in [5, 5.41) is 14.0. The van der Waals surface area contributed by atoms with E-state index in [1.54, 1.807) is 13.2 Å². The lowest BCUT2D eigenvalue weighted by molar-refractivity contribution is -0.384. The van der Waals surface area contributed by atoms with Crippen molar-refractivity contribution in [3.63, 3.8) is 0 Å². The van der Waals surface area contributed by atoms with Crippen molar-refractivity contribution in [2.75, 3.05) is 31.8 Å². The van der Waals surface area contributed by atoms with Gasteiger partial charge in [-0.1, -0.05) is 25.8 Å². The Labute approximate surface area is 197 Å². The first-order valence-corrected chi connectivity index (χ1v) is 11.2. The molecule has 1 unspecified atom stereocenters. The second kappa shape index (κ2) is 11.4. The number of hydrogen-bond acceptors (Lipinski definition) is 7. The fourth-order valence-corrected chi connectivity index (χ4v) is 3.60. The number of nitrogens with zero attached hydrogens (tertiary/aromatic N) is 2. The molecule has 0 bridgehead atoms. The van der Waals surface area contributed by atoms with Crippen LogP contribution in [0.25, 0.3) is 0 Å². The van der Waals surface area contributed by atoms with Crippen LogP contribution in [0.4, 0.5) is 11.4 Å². The van der Waals surface area contributed by atoms with E-state index in [1.807, 2.05) is 19.1 Å². The lowest BCUT2D eigenvalue weighted by Gasteiger charge is -2.29. The van der Waals surface area contributed by atoms with Crippen molar-refractivity contribution in [3.05, 3.63) is 52.1 Å². The molecule has 0 saturated heterocycles. The van der Waals surface area contributed by atoms with Crippen molar-refractivity contribution in [2.45, 2.75) is 39.2 Å². The third-order valence-electron chi connectivity index (χ3n) is 5.47. The molecule has 0 aromatic heterocycles. The van der Waals surface area contributed by atoms with E-state index in [2.05, 4.69) is 12.2 Å². The van der Waals surface area contributed by atoms with Crippen molar-refractivity contribution in [1.82, 2.24) is 5.32 Å². The SMILES string of the molecule is CCCCCOc1ccc(C(C)NC(=O)CN2C(=O)COc3ccc([N+](=O)[O-])cc32)cc1OC. The van der Waals surface area contributed by atoms with Gasteiger partial charge in [-0.2, -0.15) is 0 Å². The van der Waals surface area contributed by atoms with Crippen LogP contribution < -0.4 is 24.4 Å². The highest BCUT2D eigenvalue weighted by Gasteiger charge is 2.29. The molecule has 0 aliphatic carbocycles. The van der Waals surface area contributed by atoms with Gasteiger partial charge in [0, 0.05) is 12.1 Å². The van der Waals surface area contributed by atoms with Gasteiger partial charge in [-0.05, 0) is 37.1 Å². The molecule has 0 radical (unpaired) electrons. The number of ether oxygens (including phenoxy) is 3. The van der Waals surface area contributed by atoms with E-state index in [0.29, 0.717) is 23.9 Å². The van der Waals surface area contributed by atoms with Gasteiger partial charge in [-0.25, -0.2) is 0 Å². The highest BCUT2D eigenvalue weighted by atomic mass is 16.6. The molecule has 2 aromatic rings. The Morgan fingerprint density at radius 3 is 2.74 bits per heavy atom. The molecule has 0 fully saturated rings. The summed E-state index contributed by atoms with van der Waals surface area (Å²) < 4.78 is 16.6. The summed E-state index contributed by atoms with van der Waals surface area (Å²) in [6, 6.07) is 9.03. The summed E-state index contributed by atoms with van der Waals surface area (Å²) in [5.74, 6) is 0.643. The van der Waals surface area contributed by atoms with Crippen LogP contribution in [0.15, 0.2) is 36.4 Å². The summed E-state index contributed by atoms with van der Waals surface area (Å²) >= 11 is 0. The van der Waals surface area contributed by atoms with Gasteiger partial charge in [0.25, 0.3) is 11.6 Å². The first-order chi connectivity index (χ1) is 16.3. The van der Waals surface area contributed by atoms with E-state index in [9.17, 15) is 19.7 Å². The highest BCUT2D eigenvalue weighted by Crippen LogP contribution is 2.35. The third-order valence-corrected chi connectivity index (χ3v) is 5.47. The van der Waals surface area contributed by atoms with Crippen molar-refractivity contribution in [1.29, 1.82) is 0 Å². The van der Waals surface area contributed by atoms with Gasteiger partial charge < -0.3 is 19.5 Å². The molecule has 1 aliphatic rings. The lowest BCUT2D eigenvalue weighted by Crippen LogP contribution is -2.45. The molecule has 3 rings (SSSR count). The minimum Gasteiger partial charge on any atom is -0.493 e. The Bertz CT molecular complexity index is 1060.